The van der Waals surface area contributed by atoms with Crippen molar-refractivity contribution >= 4 is 23.0 Å². The summed E-state index contributed by atoms with van der Waals surface area (Å²) < 4.78 is 0. The van der Waals surface area contributed by atoms with Crippen molar-refractivity contribution < 1.29 is 15.0 Å². The van der Waals surface area contributed by atoms with E-state index in [1.165, 1.54) is 5.01 Å². The number of anilines is 2. The lowest BCUT2D eigenvalue weighted by Gasteiger charge is -2.27. The zero-order chi connectivity index (χ0) is 20.4. The molecule has 4 rings (SSSR count). The minimum absolute atomic E-state index is 0.0628. The molecule has 0 spiro atoms. The summed E-state index contributed by atoms with van der Waals surface area (Å²) in [5, 5.41) is 29.8. The highest BCUT2D eigenvalue weighted by Crippen LogP contribution is 2.39. The Balaban J connectivity index is 1.75. The van der Waals surface area contributed by atoms with Crippen LogP contribution in [0.5, 0.6) is 11.5 Å². The number of aromatic hydroxyl groups is 2. The second-order valence-corrected chi connectivity index (χ2v) is 6.90. The van der Waals surface area contributed by atoms with Gasteiger partial charge in [-0.05, 0) is 37.3 Å². The van der Waals surface area contributed by atoms with Gasteiger partial charge in [-0.25, -0.2) is 5.01 Å². The van der Waals surface area contributed by atoms with Crippen molar-refractivity contribution in [2.75, 3.05) is 10.3 Å². The molecule has 29 heavy (non-hydrogen) atoms. The number of hydrazone groups is 1. The number of hydrogen-bond donors (Lipinski definition) is 3. The van der Waals surface area contributed by atoms with Crippen LogP contribution in [0.4, 0.5) is 11.4 Å². The van der Waals surface area contributed by atoms with Crippen molar-refractivity contribution in [2.24, 2.45) is 11.0 Å². The van der Waals surface area contributed by atoms with E-state index in [9.17, 15) is 15.0 Å². The summed E-state index contributed by atoms with van der Waals surface area (Å²) in [6.07, 6.45) is 0. The third-order valence-corrected chi connectivity index (χ3v) is 5.00. The normalized spacial score (nSPS) is 17.1. The molecule has 0 radical (unpaired) electrons. The minimum atomic E-state index is -0.650. The third kappa shape index (κ3) is 3.52. The minimum Gasteiger partial charge on any atom is -0.508 e. The van der Waals surface area contributed by atoms with Crippen molar-refractivity contribution in [1.29, 1.82) is 0 Å². The van der Waals surface area contributed by atoms with E-state index < -0.39 is 12.0 Å². The Hall–Kier alpha value is -3.80. The van der Waals surface area contributed by atoms with Crippen LogP contribution in [0, 0.1) is 5.92 Å². The molecule has 2 unspecified atom stereocenters. The Morgan fingerprint density at radius 3 is 2.21 bits per heavy atom. The molecule has 0 saturated carbocycles. The molecular weight excluding hydrogens is 366 g/mol. The number of amides is 1. The van der Waals surface area contributed by atoms with Crippen LogP contribution in [0.25, 0.3) is 0 Å². The van der Waals surface area contributed by atoms with E-state index in [-0.39, 0.29) is 17.4 Å². The molecule has 0 aliphatic carbocycles. The number of hydrogen-bond acceptors (Lipinski definition) is 5. The second kappa shape index (κ2) is 7.67. The van der Waals surface area contributed by atoms with Gasteiger partial charge in [-0.3, -0.25) is 4.79 Å². The summed E-state index contributed by atoms with van der Waals surface area (Å²) in [6.45, 7) is 1.80. The number of carbonyl (C=O) groups excluding carboxylic acids is 1. The van der Waals surface area contributed by atoms with E-state index in [0.717, 1.165) is 0 Å². The maximum atomic E-state index is 13.3. The first-order chi connectivity index (χ1) is 14.1. The van der Waals surface area contributed by atoms with Gasteiger partial charge in [0, 0.05) is 5.56 Å². The Morgan fingerprint density at radius 2 is 1.52 bits per heavy atom. The molecule has 1 amide bonds. The lowest BCUT2D eigenvalue weighted by molar-refractivity contribution is -0.120. The summed E-state index contributed by atoms with van der Waals surface area (Å²) in [4.78, 5) is 13.3. The van der Waals surface area contributed by atoms with Gasteiger partial charge < -0.3 is 15.5 Å². The van der Waals surface area contributed by atoms with E-state index >= 15 is 0 Å². The molecule has 146 valence electrons. The summed E-state index contributed by atoms with van der Waals surface area (Å²) >= 11 is 0. The van der Waals surface area contributed by atoms with Crippen LogP contribution in [-0.2, 0) is 4.79 Å². The van der Waals surface area contributed by atoms with Gasteiger partial charge in [-0.15, -0.1) is 0 Å². The molecule has 3 aromatic rings. The largest absolute Gasteiger partial charge is 0.508 e. The SMILES string of the molecule is CC1=NN(c2ccccc2)C(=O)C1C(Nc1ccccc1O)c1ccccc1O. The average molecular weight is 387 g/mol. The number of para-hydroxylation sites is 4. The fourth-order valence-corrected chi connectivity index (χ4v) is 3.57. The molecule has 2 atom stereocenters. The highest BCUT2D eigenvalue weighted by atomic mass is 16.3. The Morgan fingerprint density at radius 1 is 0.897 bits per heavy atom. The maximum absolute atomic E-state index is 13.3. The molecule has 1 heterocycles. The number of benzene rings is 3. The molecule has 1 aliphatic rings. The Kier molecular flexibility index (Phi) is 4.91. The maximum Gasteiger partial charge on any atom is 0.258 e. The number of rotatable bonds is 5. The van der Waals surface area contributed by atoms with Gasteiger partial charge in [0.15, 0.2) is 0 Å². The zero-order valence-electron chi connectivity index (χ0n) is 15.9. The van der Waals surface area contributed by atoms with Gasteiger partial charge in [-0.1, -0.05) is 48.5 Å². The predicted octanol–water partition coefficient (Wildman–Crippen LogP) is 4.29. The summed E-state index contributed by atoms with van der Waals surface area (Å²) in [6, 6.07) is 22.3. The smallest absolute Gasteiger partial charge is 0.258 e. The Bertz CT molecular complexity index is 1070. The number of nitrogens with one attached hydrogen (secondary N) is 1. The molecule has 3 N–H and O–H groups in total. The van der Waals surface area contributed by atoms with Crippen LogP contribution in [0.3, 0.4) is 0 Å². The summed E-state index contributed by atoms with van der Waals surface area (Å²) in [7, 11) is 0. The van der Waals surface area contributed by atoms with E-state index in [1.54, 1.807) is 55.5 Å². The van der Waals surface area contributed by atoms with Crippen LogP contribution >= 0.6 is 0 Å². The first-order valence-corrected chi connectivity index (χ1v) is 9.33. The fourth-order valence-electron chi connectivity index (χ4n) is 3.57. The van der Waals surface area contributed by atoms with E-state index in [0.29, 0.717) is 22.6 Å². The van der Waals surface area contributed by atoms with Crippen LogP contribution in [-0.4, -0.2) is 21.8 Å². The summed E-state index contributed by atoms with van der Waals surface area (Å²) in [5.74, 6) is -0.722. The monoisotopic (exact) mass is 387 g/mol. The van der Waals surface area contributed by atoms with Crippen molar-refractivity contribution in [1.82, 2.24) is 0 Å². The van der Waals surface area contributed by atoms with E-state index in [4.69, 9.17) is 0 Å². The molecule has 0 fully saturated rings. The van der Waals surface area contributed by atoms with Crippen LogP contribution in [0.15, 0.2) is 84.0 Å². The third-order valence-electron chi connectivity index (χ3n) is 5.00. The second-order valence-electron chi connectivity index (χ2n) is 6.90. The zero-order valence-corrected chi connectivity index (χ0v) is 15.9. The highest BCUT2D eigenvalue weighted by molar-refractivity contribution is 6.15. The van der Waals surface area contributed by atoms with Crippen LogP contribution in [0.2, 0.25) is 0 Å². The fraction of sp³-hybridized carbons (Fsp3) is 0.130. The van der Waals surface area contributed by atoms with E-state index in [2.05, 4.69) is 10.4 Å². The van der Waals surface area contributed by atoms with Gasteiger partial charge >= 0.3 is 0 Å². The van der Waals surface area contributed by atoms with Crippen LogP contribution < -0.4 is 10.3 Å². The van der Waals surface area contributed by atoms with Gasteiger partial charge in [0.2, 0.25) is 0 Å². The van der Waals surface area contributed by atoms with Crippen molar-refractivity contribution in [2.45, 2.75) is 13.0 Å². The number of phenolic OH excluding ortho intramolecular Hbond substituents is 2. The van der Waals surface area contributed by atoms with E-state index in [1.807, 2.05) is 30.3 Å². The molecule has 0 bridgehead atoms. The molecule has 0 aromatic heterocycles. The first-order valence-electron chi connectivity index (χ1n) is 9.33. The van der Waals surface area contributed by atoms with Gasteiger partial charge in [-0.2, -0.15) is 5.10 Å². The standard InChI is InChI=1S/C23H21N3O3/c1-15-21(23(29)26(25-15)16-9-3-2-4-10-16)22(17-11-5-7-13-19(17)27)24-18-12-6-8-14-20(18)28/h2-14,21-22,24,27-28H,1H3. The van der Waals surface area contributed by atoms with Gasteiger partial charge in [0.25, 0.3) is 5.91 Å². The molecule has 3 aromatic carbocycles. The molecule has 0 saturated heterocycles. The molecule has 6 nitrogen and oxygen atoms in total. The highest BCUT2D eigenvalue weighted by Gasteiger charge is 2.41. The van der Waals surface area contributed by atoms with Crippen LogP contribution in [0.1, 0.15) is 18.5 Å². The van der Waals surface area contributed by atoms with Crippen molar-refractivity contribution in [3.63, 3.8) is 0 Å². The quantitative estimate of drug-likeness (QED) is 0.570. The lowest BCUT2D eigenvalue weighted by Crippen LogP contribution is -2.34. The Labute approximate surface area is 168 Å². The number of phenols is 2. The van der Waals surface area contributed by atoms with Crippen molar-refractivity contribution in [3.8, 4) is 11.5 Å². The first kappa shape index (κ1) is 18.6. The summed E-state index contributed by atoms with van der Waals surface area (Å²) in [5.41, 5.74) is 2.33. The molecule has 1 aliphatic heterocycles. The average Bonchev–Trinajstić information content (AvgIpc) is 3.03. The van der Waals surface area contributed by atoms with Gasteiger partial charge in [0.1, 0.15) is 17.4 Å². The molecule has 6 heteroatoms. The number of carbonyl (C=O) groups is 1. The van der Waals surface area contributed by atoms with Crippen molar-refractivity contribution in [3.05, 3.63) is 84.4 Å². The molecular formula is C23H21N3O3. The topological polar surface area (TPSA) is 85.2 Å². The lowest BCUT2D eigenvalue weighted by atomic mass is 9.88. The predicted molar refractivity (Wildman–Crippen MR) is 113 cm³/mol. The van der Waals surface area contributed by atoms with Gasteiger partial charge in [0.05, 0.1) is 23.1 Å². The number of nitrogens with zero attached hydrogens (tertiary/aromatic N) is 2.